The van der Waals surface area contributed by atoms with E-state index in [0.717, 1.165) is 24.9 Å². The highest BCUT2D eigenvalue weighted by atomic mass is 16.4. The molecule has 0 amide bonds. The summed E-state index contributed by atoms with van der Waals surface area (Å²) < 4.78 is 0. The van der Waals surface area contributed by atoms with E-state index < -0.39 is 5.97 Å². The van der Waals surface area contributed by atoms with Gasteiger partial charge in [0.25, 0.3) is 0 Å². The summed E-state index contributed by atoms with van der Waals surface area (Å²) in [6, 6.07) is 5.39. The van der Waals surface area contributed by atoms with Gasteiger partial charge in [0.1, 0.15) is 11.8 Å². The van der Waals surface area contributed by atoms with Crippen molar-refractivity contribution in [1.29, 1.82) is 5.26 Å². The number of nitrogens with one attached hydrogen (secondary N) is 1. The lowest BCUT2D eigenvalue weighted by Crippen LogP contribution is -2.38. The standard InChI is InChI=1S/C13H15N3O2/c14-7-10-2-3-11(8-15-10)16-9-13(4-1-5-13)6-12(17)18/h2-3,8,16H,1,4-6,9H2,(H,17,18). The van der Waals surface area contributed by atoms with Gasteiger partial charge >= 0.3 is 5.97 Å². The fourth-order valence-electron chi connectivity index (χ4n) is 2.27. The molecular weight excluding hydrogens is 230 g/mol. The van der Waals surface area contributed by atoms with Crippen LogP contribution in [0.3, 0.4) is 0 Å². The van der Waals surface area contributed by atoms with Gasteiger partial charge in [-0.1, -0.05) is 6.42 Å². The van der Waals surface area contributed by atoms with Crippen LogP contribution in [-0.4, -0.2) is 22.6 Å². The van der Waals surface area contributed by atoms with Crippen LogP contribution in [0.1, 0.15) is 31.4 Å². The zero-order chi connectivity index (χ0) is 13.0. The number of carboxylic acids is 1. The van der Waals surface area contributed by atoms with Crippen LogP contribution >= 0.6 is 0 Å². The molecule has 0 aromatic carbocycles. The molecular formula is C13H15N3O2. The second-order valence-corrected chi connectivity index (χ2v) is 4.82. The van der Waals surface area contributed by atoms with Crippen molar-refractivity contribution in [2.75, 3.05) is 11.9 Å². The quantitative estimate of drug-likeness (QED) is 0.828. The van der Waals surface area contributed by atoms with E-state index in [-0.39, 0.29) is 11.8 Å². The summed E-state index contributed by atoms with van der Waals surface area (Å²) in [4.78, 5) is 14.8. The Labute approximate surface area is 105 Å². The lowest BCUT2D eigenvalue weighted by atomic mass is 9.66. The Kier molecular flexibility index (Phi) is 3.47. The number of hydrogen-bond acceptors (Lipinski definition) is 4. The first-order valence-electron chi connectivity index (χ1n) is 5.95. The number of nitrogens with zero attached hydrogens (tertiary/aromatic N) is 2. The monoisotopic (exact) mass is 245 g/mol. The Morgan fingerprint density at radius 1 is 1.56 bits per heavy atom. The van der Waals surface area contributed by atoms with Crippen molar-refractivity contribution < 1.29 is 9.90 Å². The van der Waals surface area contributed by atoms with Crippen LogP contribution in [0.15, 0.2) is 18.3 Å². The Morgan fingerprint density at radius 2 is 2.33 bits per heavy atom. The molecule has 1 heterocycles. The van der Waals surface area contributed by atoms with Gasteiger partial charge in [-0.15, -0.1) is 0 Å². The van der Waals surface area contributed by atoms with Crippen LogP contribution in [0.25, 0.3) is 0 Å². The molecule has 0 unspecified atom stereocenters. The van der Waals surface area contributed by atoms with Crippen LogP contribution in [-0.2, 0) is 4.79 Å². The Balaban J connectivity index is 1.93. The van der Waals surface area contributed by atoms with Crippen molar-refractivity contribution in [2.24, 2.45) is 5.41 Å². The van der Waals surface area contributed by atoms with Crippen molar-refractivity contribution in [3.05, 3.63) is 24.0 Å². The Morgan fingerprint density at radius 3 is 2.78 bits per heavy atom. The highest BCUT2D eigenvalue weighted by Crippen LogP contribution is 2.43. The number of rotatable bonds is 5. The minimum atomic E-state index is -0.741. The topological polar surface area (TPSA) is 86.0 Å². The second-order valence-electron chi connectivity index (χ2n) is 4.82. The van der Waals surface area contributed by atoms with Crippen molar-refractivity contribution in [2.45, 2.75) is 25.7 Å². The van der Waals surface area contributed by atoms with Gasteiger partial charge in [0.15, 0.2) is 0 Å². The van der Waals surface area contributed by atoms with E-state index in [4.69, 9.17) is 10.4 Å². The number of hydrogen-bond donors (Lipinski definition) is 2. The van der Waals surface area contributed by atoms with E-state index in [2.05, 4.69) is 10.3 Å². The molecule has 0 spiro atoms. The number of carboxylic acid groups (broad SMARTS) is 1. The summed E-state index contributed by atoms with van der Waals surface area (Å²) in [6.07, 6.45) is 4.82. The van der Waals surface area contributed by atoms with Gasteiger partial charge in [0.2, 0.25) is 0 Å². The Bertz CT molecular complexity index is 472. The molecule has 1 aromatic heterocycles. The van der Waals surface area contributed by atoms with Crippen LogP contribution in [0.5, 0.6) is 0 Å². The maximum Gasteiger partial charge on any atom is 0.303 e. The van der Waals surface area contributed by atoms with E-state index in [1.165, 1.54) is 0 Å². The predicted molar refractivity (Wildman–Crippen MR) is 66.0 cm³/mol. The third-order valence-corrected chi connectivity index (χ3v) is 3.49. The van der Waals surface area contributed by atoms with Crippen molar-refractivity contribution >= 4 is 11.7 Å². The average molecular weight is 245 g/mol. The van der Waals surface area contributed by atoms with E-state index in [0.29, 0.717) is 12.2 Å². The molecule has 1 fully saturated rings. The normalized spacial score (nSPS) is 16.4. The van der Waals surface area contributed by atoms with Crippen LogP contribution < -0.4 is 5.32 Å². The molecule has 0 radical (unpaired) electrons. The highest BCUT2D eigenvalue weighted by Gasteiger charge is 2.38. The number of carbonyl (C=O) groups is 1. The molecule has 0 aliphatic heterocycles. The van der Waals surface area contributed by atoms with E-state index >= 15 is 0 Å². The van der Waals surface area contributed by atoms with Gasteiger partial charge in [0, 0.05) is 6.54 Å². The van der Waals surface area contributed by atoms with Gasteiger partial charge in [-0.2, -0.15) is 5.26 Å². The van der Waals surface area contributed by atoms with Gasteiger partial charge in [-0.05, 0) is 30.4 Å². The zero-order valence-electron chi connectivity index (χ0n) is 10.0. The molecule has 18 heavy (non-hydrogen) atoms. The largest absolute Gasteiger partial charge is 0.481 e. The molecule has 5 heteroatoms. The van der Waals surface area contributed by atoms with Gasteiger partial charge < -0.3 is 10.4 Å². The maximum atomic E-state index is 10.8. The fourth-order valence-corrected chi connectivity index (χ4v) is 2.27. The van der Waals surface area contributed by atoms with Crippen molar-refractivity contribution in [3.63, 3.8) is 0 Å². The highest BCUT2D eigenvalue weighted by molar-refractivity contribution is 5.68. The first-order chi connectivity index (χ1) is 8.63. The maximum absolute atomic E-state index is 10.8. The fraction of sp³-hybridized carbons (Fsp3) is 0.462. The first kappa shape index (κ1) is 12.4. The lowest BCUT2D eigenvalue weighted by molar-refractivity contribution is -0.141. The summed E-state index contributed by atoms with van der Waals surface area (Å²) >= 11 is 0. The molecule has 0 bridgehead atoms. The minimum Gasteiger partial charge on any atom is -0.481 e. The molecule has 0 atom stereocenters. The molecule has 94 valence electrons. The number of nitriles is 1. The third-order valence-electron chi connectivity index (χ3n) is 3.49. The molecule has 2 N–H and O–H groups in total. The molecule has 0 saturated heterocycles. The smallest absolute Gasteiger partial charge is 0.303 e. The summed E-state index contributed by atoms with van der Waals surface area (Å²) in [5.41, 5.74) is 1.09. The van der Waals surface area contributed by atoms with Crippen molar-refractivity contribution in [3.8, 4) is 6.07 Å². The zero-order valence-corrected chi connectivity index (χ0v) is 10.0. The number of anilines is 1. The summed E-state index contributed by atoms with van der Waals surface area (Å²) in [5.74, 6) is -0.741. The molecule has 1 saturated carbocycles. The number of aromatic nitrogens is 1. The van der Waals surface area contributed by atoms with E-state index in [9.17, 15) is 4.79 Å². The summed E-state index contributed by atoms with van der Waals surface area (Å²) in [6.45, 7) is 0.646. The van der Waals surface area contributed by atoms with Crippen LogP contribution in [0.2, 0.25) is 0 Å². The van der Waals surface area contributed by atoms with Gasteiger partial charge in [-0.25, -0.2) is 4.98 Å². The molecule has 1 aromatic rings. The molecule has 5 nitrogen and oxygen atoms in total. The van der Waals surface area contributed by atoms with Crippen LogP contribution in [0, 0.1) is 16.7 Å². The molecule has 1 aliphatic carbocycles. The first-order valence-corrected chi connectivity index (χ1v) is 5.95. The van der Waals surface area contributed by atoms with Gasteiger partial charge in [0.05, 0.1) is 18.3 Å². The summed E-state index contributed by atoms with van der Waals surface area (Å²) in [7, 11) is 0. The number of pyridine rings is 1. The van der Waals surface area contributed by atoms with E-state index in [1.54, 1.807) is 18.3 Å². The second kappa shape index (κ2) is 5.05. The average Bonchev–Trinajstić information content (AvgIpc) is 2.32. The minimum absolute atomic E-state index is 0.111. The third kappa shape index (κ3) is 2.77. The lowest BCUT2D eigenvalue weighted by Gasteiger charge is -2.41. The van der Waals surface area contributed by atoms with E-state index in [1.807, 2.05) is 6.07 Å². The van der Waals surface area contributed by atoms with Crippen LogP contribution in [0.4, 0.5) is 5.69 Å². The molecule has 2 rings (SSSR count). The Hall–Kier alpha value is -2.09. The SMILES string of the molecule is N#Cc1ccc(NCC2(CC(=O)O)CCC2)cn1. The predicted octanol–water partition coefficient (Wildman–Crippen LogP) is 2.01. The van der Waals surface area contributed by atoms with Crippen molar-refractivity contribution in [1.82, 2.24) is 4.98 Å². The number of aliphatic carboxylic acids is 1. The summed E-state index contributed by atoms with van der Waals surface area (Å²) in [5, 5.41) is 20.7. The molecule has 1 aliphatic rings. The van der Waals surface area contributed by atoms with Gasteiger partial charge in [-0.3, -0.25) is 4.79 Å².